The van der Waals surface area contributed by atoms with Gasteiger partial charge in [-0.2, -0.15) is 5.01 Å². The molecule has 6 atom stereocenters. The lowest BCUT2D eigenvalue weighted by Gasteiger charge is -2.51. The maximum absolute atomic E-state index is 15.6. The maximum atomic E-state index is 15.6. The van der Waals surface area contributed by atoms with Gasteiger partial charge in [-0.1, -0.05) is 77.3 Å². The summed E-state index contributed by atoms with van der Waals surface area (Å²) in [6.45, 7) is 0. The van der Waals surface area contributed by atoms with Gasteiger partial charge in [0.1, 0.15) is 11.5 Å². The molecule has 2 aliphatic heterocycles. The average Bonchev–Trinajstić information content (AvgIpc) is 3.57. The minimum Gasteiger partial charge on any atom is -0.507 e. The monoisotopic (exact) mass is 883 g/mol. The lowest BCUT2D eigenvalue weighted by atomic mass is 9.49. The van der Waals surface area contributed by atoms with Crippen molar-refractivity contribution in [3.8, 4) is 11.5 Å². The number of fused-ring (bicyclic) bond motifs is 5. The van der Waals surface area contributed by atoms with E-state index in [1.165, 1.54) is 11.0 Å². The number of methoxy groups -OCH3 is 1. The molecule has 2 saturated heterocycles. The van der Waals surface area contributed by atoms with E-state index in [0.717, 1.165) is 14.2 Å². The van der Waals surface area contributed by atoms with Crippen LogP contribution in [0.5, 0.6) is 11.5 Å². The molecule has 0 bridgehead atoms. The fraction of sp³-hybridized carbons (Fsp3) is 0.209. The summed E-state index contributed by atoms with van der Waals surface area (Å²) < 4.78 is 6.48. The molecule has 2 N–H and O–H groups in total. The van der Waals surface area contributed by atoms with E-state index in [9.17, 15) is 14.7 Å². The molecule has 5 aromatic rings. The van der Waals surface area contributed by atoms with E-state index in [4.69, 9.17) is 27.9 Å². The number of nitrogens with zero attached hydrogens (tertiary/aromatic N) is 2. The summed E-state index contributed by atoms with van der Waals surface area (Å²) in [5.74, 6) is -4.70. The second-order valence-corrected chi connectivity index (χ2v) is 16.5. The van der Waals surface area contributed by atoms with Gasteiger partial charge in [-0.15, -0.1) is 0 Å². The van der Waals surface area contributed by atoms with Gasteiger partial charge >= 0.3 is 0 Å². The predicted octanol–water partition coefficient (Wildman–Crippen LogP) is 8.65. The number of nitrogens with one attached hydrogen (secondary N) is 1. The predicted molar refractivity (Wildman–Crippen MR) is 218 cm³/mol. The number of ether oxygens (including phenoxy) is 1. The first-order valence-corrected chi connectivity index (χ1v) is 19.7. The quantitative estimate of drug-likeness (QED) is 0.0997. The standard InChI is InChI=1S/C43H32Cl2IN3O6/c1-55-26-13-6-22(7-14-26)43-33(40(52)49(42(43)54)47-35-18-8-23(44)20-34(35)45)21-32-30(38(43)29-17-19-36(50)28-5-3-2-4-27(28)29)15-16-31-37(32)41(53)48(39(31)51)25-11-9-24(46)10-12-25/h2-15,17-20,31-33,37-38,47,50H,16,21H2,1H3. The molecule has 0 radical (unpaired) electrons. The Balaban J connectivity index is 1.28. The van der Waals surface area contributed by atoms with E-state index in [2.05, 4.69) is 28.0 Å². The van der Waals surface area contributed by atoms with E-state index in [-0.39, 0.29) is 35.4 Å². The van der Waals surface area contributed by atoms with E-state index in [1.54, 1.807) is 49.6 Å². The molecule has 0 aromatic heterocycles. The molecule has 9 rings (SSSR count). The number of benzene rings is 5. The normalized spacial score (nSPS) is 25.8. The first kappa shape index (κ1) is 35.8. The van der Waals surface area contributed by atoms with Crippen LogP contribution in [-0.4, -0.2) is 40.9 Å². The fourth-order valence-electron chi connectivity index (χ4n) is 9.59. The second-order valence-electron chi connectivity index (χ2n) is 14.4. The van der Waals surface area contributed by atoms with Gasteiger partial charge in [-0.3, -0.25) is 29.5 Å². The highest BCUT2D eigenvalue weighted by molar-refractivity contribution is 14.1. The number of aromatic hydroxyl groups is 1. The fourth-order valence-corrected chi connectivity index (χ4v) is 10.4. The van der Waals surface area contributed by atoms with Crippen molar-refractivity contribution >= 4 is 91.6 Å². The number of phenolic OH excluding ortho intramolecular Hbond substituents is 1. The molecule has 9 nitrogen and oxygen atoms in total. The van der Waals surface area contributed by atoms with Crippen LogP contribution in [0.4, 0.5) is 11.4 Å². The molecule has 1 saturated carbocycles. The Bertz CT molecular complexity index is 2490. The van der Waals surface area contributed by atoms with Crippen molar-refractivity contribution in [3.63, 3.8) is 0 Å². The Labute approximate surface area is 340 Å². The number of imide groups is 2. The number of anilines is 2. The molecule has 5 aromatic carbocycles. The van der Waals surface area contributed by atoms with Crippen molar-refractivity contribution in [2.75, 3.05) is 17.4 Å². The molecule has 4 amide bonds. The molecule has 0 spiro atoms. The highest BCUT2D eigenvalue weighted by atomic mass is 127. The molecule has 3 fully saturated rings. The first-order valence-electron chi connectivity index (χ1n) is 17.8. The molecule has 4 aliphatic rings. The minimum atomic E-state index is -1.54. The smallest absolute Gasteiger partial charge is 0.260 e. The number of hydrogen-bond donors (Lipinski definition) is 2. The average molecular weight is 885 g/mol. The Morgan fingerprint density at radius 2 is 1.56 bits per heavy atom. The second kappa shape index (κ2) is 13.4. The zero-order valence-electron chi connectivity index (χ0n) is 29.2. The number of hydrogen-bond acceptors (Lipinski definition) is 7. The highest BCUT2D eigenvalue weighted by Gasteiger charge is 2.70. The third kappa shape index (κ3) is 5.32. The van der Waals surface area contributed by atoms with Crippen LogP contribution in [0.3, 0.4) is 0 Å². The van der Waals surface area contributed by atoms with Crippen LogP contribution in [0, 0.1) is 27.2 Å². The Morgan fingerprint density at radius 1 is 0.836 bits per heavy atom. The van der Waals surface area contributed by atoms with Gasteiger partial charge in [0.2, 0.25) is 11.8 Å². The van der Waals surface area contributed by atoms with Gasteiger partial charge in [-0.05, 0) is 119 Å². The zero-order chi connectivity index (χ0) is 38.3. The molecule has 276 valence electrons. The van der Waals surface area contributed by atoms with E-state index >= 15 is 9.59 Å². The molecule has 2 aliphatic carbocycles. The van der Waals surface area contributed by atoms with Gasteiger partial charge in [0.05, 0.1) is 46.7 Å². The largest absolute Gasteiger partial charge is 0.507 e. The lowest BCUT2D eigenvalue weighted by molar-refractivity contribution is -0.138. The van der Waals surface area contributed by atoms with Crippen molar-refractivity contribution in [3.05, 3.63) is 140 Å². The van der Waals surface area contributed by atoms with Crippen LogP contribution >= 0.6 is 45.8 Å². The number of allylic oxidation sites excluding steroid dienone is 2. The van der Waals surface area contributed by atoms with Crippen molar-refractivity contribution in [2.45, 2.75) is 24.2 Å². The summed E-state index contributed by atoms with van der Waals surface area (Å²) in [4.78, 5) is 60.8. The minimum absolute atomic E-state index is 0.0682. The number of amides is 4. The van der Waals surface area contributed by atoms with E-state index < -0.39 is 46.8 Å². The van der Waals surface area contributed by atoms with Crippen molar-refractivity contribution in [2.24, 2.45) is 23.7 Å². The van der Waals surface area contributed by atoms with Crippen LogP contribution in [0.2, 0.25) is 10.0 Å². The van der Waals surface area contributed by atoms with Gasteiger partial charge < -0.3 is 9.84 Å². The lowest BCUT2D eigenvalue weighted by Crippen LogP contribution is -2.53. The summed E-state index contributed by atoms with van der Waals surface area (Å²) in [6, 6.07) is 30.0. The molecule has 2 heterocycles. The molecular formula is C43H32Cl2IN3O6. The maximum Gasteiger partial charge on any atom is 0.260 e. The van der Waals surface area contributed by atoms with Crippen LogP contribution in [0.1, 0.15) is 29.9 Å². The number of carbonyl (C=O) groups is 4. The number of phenols is 1. The van der Waals surface area contributed by atoms with Crippen LogP contribution < -0.4 is 15.1 Å². The van der Waals surface area contributed by atoms with Crippen LogP contribution in [-0.2, 0) is 24.6 Å². The third-order valence-electron chi connectivity index (χ3n) is 11.9. The summed E-state index contributed by atoms with van der Waals surface area (Å²) in [6.07, 6.45) is 2.43. The SMILES string of the molecule is COc1ccc(C23C(=O)N(Nc4ccc(Cl)cc4Cl)C(=O)C2CC2C(=CCC4C(=O)N(c5ccc(I)cc5)C(=O)C42)C3c2ccc(O)c3ccccc23)cc1. The van der Waals surface area contributed by atoms with Crippen LogP contribution in [0.15, 0.2) is 115 Å². The first-order chi connectivity index (χ1) is 26.5. The van der Waals surface area contributed by atoms with Crippen molar-refractivity contribution in [1.29, 1.82) is 0 Å². The Kier molecular flexibility index (Phi) is 8.71. The molecular weight excluding hydrogens is 852 g/mol. The van der Waals surface area contributed by atoms with Gasteiger partial charge in [0.25, 0.3) is 11.8 Å². The van der Waals surface area contributed by atoms with Crippen LogP contribution in [0.25, 0.3) is 10.8 Å². The molecule has 12 heteroatoms. The number of hydrazine groups is 1. The Hall–Kier alpha value is -4.91. The molecule has 55 heavy (non-hydrogen) atoms. The third-order valence-corrected chi connectivity index (χ3v) is 13.2. The van der Waals surface area contributed by atoms with Gasteiger partial charge in [0.15, 0.2) is 0 Å². The number of rotatable bonds is 6. The zero-order valence-corrected chi connectivity index (χ0v) is 32.9. The number of halogens is 3. The summed E-state index contributed by atoms with van der Waals surface area (Å²) in [5.41, 5.74) is 4.41. The Morgan fingerprint density at radius 3 is 2.27 bits per heavy atom. The number of carbonyl (C=O) groups excluding carboxylic acids is 4. The van der Waals surface area contributed by atoms with E-state index in [1.807, 2.05) is 60.7 Å². The van der Waals surface area contributed by atoms with Crippen molar-refractivity contribution in [1.82, 2.24) is 5.01 Å². The highest BCUT2D eigenvalue weighted by Crippen LogP contribution is 2.65. The van der Waals surface area contributed by atoms with E-state index in [0.29, 0.717) is 44.0 Å². The summed E-state index contributed by atoms with van der Waals surface area (Å²) in [5, 5.41) is 14.0. The molecule has 6 unspecified atom stereocenters. The van der Waals surface area contributed by atoms with Gasteiger partial charge in [0, 0.05) is 19.9 Å². The summed E-state index contributed by atoms with van der Waals surface area (Å²) >= 11 is 15.0. The summed E-state index contributed by atoms with van der Waals surface area (Å²) in [7, 11) is 1.56. The van der Waals surface area contributed by atoms with Crippen molar-refractivity contribution < 1.29 is 29.0 Å². The van der Waals surface area contributed by atoms with Gasteiger partial charge in [-0.25, -0.2) is 0 Å². The topological polar surface area (TPSA) is 116 Å².